The normalized spacial score (nSPS) is 11.4. The van der Waals surface area contributed by atoms with Crippen LogP contribution in [-0.2, 0) is 6.18 Å². The minimum absolute atomic E-state index is 0.00316. The van der Waals surface area contributed by atoms with E-state index in [4.69, 9.17) is 4.74 Å². The standard InChI is InChI=1S/C14H10BrF3O/c1-9-3-2-4-10(7-9)19-11-5-6-13(15)12(8-11)14(16,17)18/h2-8H,1H3. The van der Waals surface area contributed by atoms with Crippen LogP contribution in [0.2, 0.25) is 0 Å². The van der Waals surface area contributed by atoms with Crippen LogP contribution >= 0.6 is 15.9 Å². The fraction of sp³-hybridized carbons (Fsp3) is 0.143. The van der Waals surface area contributed by atoms with Gasteiger partial charge in [-0.3, -0.25) is 0 Å². The Labute approximate surface area is 117 Å². The monoisotopic (exact) mass is 330 g/mol. The number of benzene rings is 2. The molecule has 0 aliphatic carbocycles. The number of aryl methyl sites for hydroxylation is 1. The maximum absolute atomic E-state index is 12.7. The van der Waals surface area contributed by atoms with Crippen molar-refractivity contribution in [2.45, 2.75) is 13.1 Å². The van der Waals surface area contributed by atoms with Gasteiger partial charge < -0.3 is 4.74 Å². The molecule has 0 unspecified atom stereocenters. The Kier molecular flexibility index (Phi) is 3.85. The number of rotatable bonds is 2. The van der Waals surface area contributed by atoms with Crippen LogP contribution in [0.1, 0.15) is 11.1 Å². The summed E-state index contributed by atoms with van der Waals surface area (Å²) in [4.78, 5) is 0. The van der Waals surface area contributed by atoms with Gasteiger partial charge in [0.25, 0.3) is 0 Å². The molecule has 0 atom stereocenters. The van der Waals surface area contributed by atoms with Crippen molar-refractivity contribution in [2.75, 3.05) is 0 Å². The second-order valence-electron chi connectivity index (χ2n) is 4.06. The molecule has 0 saturated carbocycles. The molecule has 19 heavy (non-hydrogen) atoms. The average molecular weight is 331 g/mol. The van der Waals surface area contributed by atoms with E-state index < -0.39 is 11.7 Å². The van der Waals surface area contributed by atoms with Gasteiger partial charge in [0.05, 0.1) is 5.56 Å². The van der Waals surface area contributed by atoms with Crippen LogP contribution in [0, 0.1) is 6.92 Å². The molecule has 0 aromatic heterocycles. The van der Waals surface area contributed by atoms with E-state index in [9.17, 15) is 13.2 Å². The van der Waals surface area contributed by atoms with Gasteiger partial charge in [-0.1, -0.05) is 28.1 Å². The summed E-state index contributed by atoms with van der Waals surface area (Å²) in [5, 5.41) is 0. The molecule has 2 aromatic carbocycles. The summed E-state index contributed by atoms with van der Waals surface area (Å²) in [6.45, 7) is 1.88. The van der Waals surface area contributed by atoms with Crippen LogP contribution in [0.3, 0.4) is 0 Å². The van der Waals surface area contributed by atoms with Crippen molar-refractivity contribution in [3.63, 3.8) is 0 Å². The number of hydrogen-bond acceptors (Lipinski definition) is 1. The molecule has 0 N–H and O–H groups in total. The summed E-state index contributed by atoms with van der Waals surface area (Å²) in [7, 11) is 0. The van der Waals surface area contributed by atoms with E-state index in [1.807, 2.05) is 13.0 Å². The molecular weight excluding hydrogens is 321 g/mol. The summed E-state index contributed by atoms with van der Waals surface area (Å²) in [5.74, 6) is 0.663. The fourth-order valence-corrected chi connectivity index (χ4v) is 2.07. The zero-order valence-corrected chi connectivity index (χ0v) is 11.5. The molecule has 0 fully saturated rings. The van der Waals surface area contributed by atoms with Crippen LogP contribution in [0.25, 0.3) is 0 Å². The molecule has 5 heteroatoms. The van der Waals surface area contributed by atoms with Gasteiger partial charge >= 0.3 is 6.18 Å². The summed E-state index contributed by atoms with van der Waals surface area (Å²) >= 11 is 2.89. The summed E-state index contributed by atoms with van der Waals surface area (Å²) in [6.07, 6.45) is -4.41. The lowest BCUT2D eigenvalue weighted by atomic mass is 10.2. The molecule has 2 aromatic rings. The van der Waals surface area contributed by atoms with Crippen LogP contribution in [0.15, 0.2) is 46.9 Å². The van der Waals surface area contributed by atoms with Gasteiger partial charge in [-0.2, -0.15) is 13.2 Å². The van der Waals surface area contributed by atoms with Crippen molar-refractivity contribution < 1.29 is 17.9 Å². The van der Waals surface area contributed by atoms with E-state index in [1.54, 1.807) is 18.2 Å². The Morgan fingerprint density at radius 1 is 1.00 bits per heavy atom. The molecule has 1 nitrogen and oxygen atoms in total. The maximum Gasteiger partial charge on any atom is 0.417 e. The molecule has 0 bridgehead atoms. The molecule has 2 rings (SSSR count). The molecule has 0 aliphatic rings. The second kappa shape index (κ2) is 5.25. The molecule has 0 amide bonds. The third-order valence-electron chi connectivity index (χ3n) is 2.47. The molecule has 0 radical (unpaired) electrons. The topological polar surface area (TPSA) is 9.23 Å². The van der Waals surface area contributed by atoms with E-state index in [0.717, 1.165) is 11.6 Å². The van der Waals surface area contributed by atoms with Gasteiger partial charge in [0, 0.05) is 4.47 Å². The Balaban J connectivity index is 2.32. The van der Waals surface area contributed by atoms with Crippen molar-refractivity contribution in [1.29, 1.82) is 0 Å². The first-order valence-electron chi connectivity index (χ1n) is 5.47. The van der Waals surface area contributed by atoms with Crippen LogP contribution in [0.5, 0.6) is 11.5 Å². The van der Waals surface area contributed by atoms with Crippen molar-refractivity contribution in [1.82, 2.24) is 0 Å². The predicted molar refractivity (Wildman–Crippen MR) is 70.4 cm³/mol. The lowest BCUT2D eigenvalue weighted by molar-refractivity contribution is -0.138. The summed E-state index contributed by atoms with van der Waals surface area (Å²) < 4.78 is 43.7. The van der Waals surface area contributed by atoms with Crippen LogP contribution < -0.4 is 4.74 Å². The van der Waals surface area contributed by atoms with Gasteiger partial charge in [-0.05, 0) is 42.8 Å². The Morgan fingerprint density at radius 2 is 1.68 bits per heavy atom. The largest absolute Gasteiger partial charge is 0.457 e. The maximum atomic E-state index is 12.7. The van der Waals surface area contributed by atoms with Gasteiger partial charge in [-0.25, -0.2) is 0 Å². The summed E-state index contributed by atoms with van der Waals surface area (Å²) in [5.41, 5.74) is 0.225. The predicted octanol–water partition coefficient (Wildman–Crippen LogP) is 5.57. The Bertz CT molecular complexity index is 593. The fourth-order valence-electron chi connectivity index (χ4n) is 1.60. The van der Waals surface area contributed by atoms with Crippen molar-refractivity contribution in [2.24, 2.45) is 0 Å². The van der Waals surface area contributed by atoms with Crippen LogP contribution in [-0.4, -0.2) is 0 Å². The first-order chi connectivity index (χ1) is 8.86. The SMILES string of the molecule is Cc1cccc(Oc2ccc(Br)c(C(F)(F)F)c2)c1. The van der Waals surface area contributed by atoms with E-state index in [-0.39, 0.29) is 10.2 Å². The van der Waals surface area contributed by atoms with E-state index in [1.165, 1.54) is 12.1 Å². The third kappa shape index (κ3) is 3.50. The molecule has 0 spiro atoms. The van der Waals surface area contributed by atoms with E-state index in [2.05, 4.69) is 15.9 Å². The van der Waals surface area contributed by atoms with E-state index in [0.29, 0.717) is 5.75 Å². The molecule has 0 aliphatic heterocycles. The second-order valence-corrected chi connectivity index (χ2v) is 4.91. The first kappa shape index (κ1) is 13.9. The highest BCUT2D eigenvalue weighted by atomic mass is 79.9. The van der Waals surface area contributed by atoms with Crippen LogP contribution in [0.4, 0.5) is 13.2 Å². The molecular formula is C14H10BrF3O. The highest BCUT2D eigenvalue weighted by Crippen LogP contribution is 2.37. The quantitative estimate of drug-likeness (QED) is 0.699. The lowest BCUT2D eigenvalue weighted by Gasteiger charge is -2.12. The Morgan fingerprint density at radius 3 is 2.32 bits per heavy atom. The van der Waals surface area contributed by atoms with Gasteiger partial charge in [-0.15, -0.1) is 0 Å². The van der Waals surface area contributed by atoms with Gasteiger partial charge in [0.15, 0.2) is 0 Å². The third-order valence-corrected chi connectivity index (χ3v) is 3.16. The molecule has 0 saturated heterocycles. The average Bonchev–Trinajstić information content (AvgIpc) is 2.30. The van der Waals surface area contributed by atoms with Crippen molar-refractivity contribution in [3.05, 3.63) is 58.1 Å². The van der Waals surface area contributed by atoms with Crippen molar-refractivity contribution >= 4 is 15.9 Å². The minimum Gasteiger partial charge on any atom is -0.457 e. The first-order valence-corrected chi connectivity index (χ1v) is 6.27. The smallest absolute Gasteiger partial charge is 0.417 e. The number of hydrogen-bond donors (Lipinski definition) is 0. The zero-order valence-electron chi connectivity index (χ0n) is 9.96. The molecule has 0 heterocycles. The lowest BCUT2D eigenvalue weighted by Crippen LogP contribution is -2.06. The number of alkyl halides is 3. The molecule has 100 valence electrons. The van der Waals surface area contributed by atoms with Crippen molar-refractivity contribution in [3.8, 4) is 11.5 Å². The highest BCUT2D eigenvalue weighted by molar-refractivity contribution is 9.10. The number of halogens is 4. The van der Waals surface area contributed by atoms with E-state index >= 15 is 0 Å². The highest BCUT2D eigenvalue weighted by Gasteiger charge is 2.33. The number of ether oxygens (including phenoxy) is 1. The van der Waals surface area contributed by atoms with Gasteiger partial charge in [0.1, 0.15) is 11.5 Å². The Hall–Kier alpha value is -1.49. The minimum atomic E-state index is -4.41. The van der Waals surface area contributed by atoms with Gasteiger partial charge in [0.2, 0.25) is 0 Å². The zero-order chi connectivity index (χ0) is 14.0. The summed E-state index contributed by atoms with van der Waals surface area (Å²) in [6, 6.07) is 10.9.